The van der Waals surface area contributed by atoms with Crippen LogP contribution in [0.5, 0.6) is 0 Å². The van der Waals surface area contributed by atoms with Gasteiger partial charge in [0.05, 0.1) is 6.54 Å². The van der Waals surface area contributed by atoms with Gasteiger partial charge >= 0.3 is 0 Å². The van der Waals surface area contributed by atoms with Gasteiger partial charge in [0.2, 0.25) is 0 Å². The van der Waals surface area contributed by atoms with E-state index in [0.29, 0.717) is 18.5 Å². The fourth-order valence-corrected chi connectivity index (χ4v) is 3.34. The maximum atomic E-state index is 5.42. The maximum absolute atomic E-state index is 5.42. The summed E-state index contributed by atoms with van der Waals surface area (Å²) in [5.41, 5.74) is 6.52. The normalized spacial score (nSPS) is 11.2. The van der Waals surface area contributed by atoms with E-state index in [4.69, 9.17) is 5.73 Å². The van der Waals surface area contributed by atoms with E-state index < -0.39 is 0 Å². The van der Waals surface area contributed by atoms with E-state index in [1.165, 1.54) is 17.7 Å². The Balaban J connectivity index is 2.75. The number of nitrogens with two attached hydrogens (primary N) is 1. The summed E-state index contributed by atoms with van der Waals surface area (Å²) in [5, 5.41) is 2.14. The quantitative estimate of drug-likeness (QED) is 0.776. The summed E-state index contributed by atoms with van der Waals surface area (Å²) in [6.07, 6.45) is 2.43. The molecule has 0 aliphatic heterocycles. The van der Waals surface area contributed by atoms with Crippen molar-refractivity contribution >= 4 is 11.3 Å². The summed E-state index contributed by atoms with van der Waals surface area (Å²) in [6, 6.07) is 2.89. The first-order chi connectivity index (χ1) is 9.60. The second-order valence-corrected chi connectivity index (χ2v) is 6.60. The van der Waals surface area contributed by atoms with E-state index in [1.54, 1.807) is 0 Å². The summed E-state index contributed by atoms with van der Waals surface area (Å²) in [6.45, 7) is 11.8. The lowest BCUT2D eigenvalue weighted by Gasteiger charge is -2.31. The molecule has 0 aliphatic rings. The van der Waals surface area contributed by atoms with Crippen molar-refractivity contribution in [2.75, 3.05) is 13.1 Å². The Morgan fingerprint density at radius 3 is 2.55 bits per heavy atom. The molecule has 1 aromatic rings. The van der Waals surface area contributed by atoms with Crippen molar-refractivity contribution < 1.29 is 0 Å². The van der Waals surface area contributed by atoms with Gasteiger partial charge in [0, 0.05) is 35.0 Å². The van der Waals surface area contributed by atoms with Crippen molar-refractivity contribution in [3.05, 3.63) is 21.9 Å². The molecule has 0 spiro atoms. The molecule has 0 unspecified atom stereocenters. The van der Waals surface area contributed by atoms with E-state index in [0.717, 1.165) is 18.7 Å². The standard InChI is InChI=1S/C17H28N2S/c1-5-16(6-2)19(11-14(3)4)12-17-10-15(13-20-17)8-7-9-18/h10,13-14,16H,5-6,9,11-12,18H2,1-4H3. The summed E-state index contributed by atoms with van der Waals surface area (Å²) < 4.78 is 0. The maximum Gasteiger partial charge on any atom is 0.0555 e. The van der Waals surface area contributed by atoms with Gasteiger partial charge < -0.3 is 5.73 Å². The Morgan fingerprint density at radius 1 is 1.30 bits per heavy atom. The largest absolute Gasteiger partial charge is 0.320 e. The van der Waals surface area contributed by atoms with Crippen LogP contribution >= 0.6 is 11.3 Å². The van der Waals surface area contributed by atoms with Gasteiger partial charge in [-0.25, -0.2) is 0 Å². The Morgan fingerprint density at radius 2 is 2.00 bits per heavy atom. The number of rotatable bonds is 7. The van der Waals surface area contributed by atoms with Crippen molar-refractivity contribution in [3.63, 3.8) is 0 Å². The number of hydrogen-bond acceptors (Lipinski definition) is 3. The Labute approximate surface area is 128 Å². The molecule has 1 rings (SSSR count). The SMILES string of the molecule is CCC(CC)N(Cc1cc(C#CCN)cs1)CC(C)C. The summed E-state index contributed by atoms with van der Waals surface area (Å²) in [5.74, 6) is 6.73. The van der Waals surface area contributed by atoms with E-state index in [2.05, 4.69) is 55.9 Å². The number of thiophene rings is 1. The molecule has 0 radical (unpaired) electrons. The first kappa shape index (κ1) is 17.2. The zero-order chi connectivity index (χ0) is 15.0. The molecule has 2 nitrogen and oxygen atoms in total. The molecule has 1 heterocycles. The molecule has 0 aromatic carbocycles. The van der Waals surface area contributed by atoms with Crippen LogP contribution in [0.1, 0.15) is 51.0 Å². The molecule has 112 valence electrons. The average Bonchev–Trinajstić information content (AvgIpc) is 2.84. The van der Waals surface area contributed by atoms with Crippen LogP contribution in [-0.4, -0.2) is 24.0 Å². The Bertz CT molecular complexity index is 435. The monoisotopic (exact) mass is 292 g/mol. The molecular formula is C17H28N2S. The smallest absolute Gasteiger partial charge is 0.0555 e. The number of hydrogen-bond donors (Lipinski definition) is 1. The van der Waals surface area contributed by atoms with Crippen molar-refractivity contribution in [2.24, 2.45) is 11.7 Å². The third-order valence-corrected chi connectivity index (χ3v) is 4.33. The van der Waals surface area contributed by atoms with Crippen molar-refractivity contribution in [1.82, 2.24) is 4.90 Å². The summed E-state index contributed by atoms with van der Waals surface area (Å²) in [4.78, 5) is 4.02. The minimum atomic E-state index is 0.429. The van der Waals surface area contributed by atoms with E-state index in [1.807, 2.05) is 11.3 Å². The zero-order valence-electron chi connectivity index (χ0n) is 13.3. The second-order valence-electron chi connectivity index (χ2n) is 5.60. The predicted molar refractivity (Wildman–Crippen MR) is 89.9 cm³/mol. The van der Waals surface area contributed by atoms with Gasteiger partial charge in [-0.1, -0.05) is 39.5 Å². The van der Waals surface area contributed by atoms with Crippen LogP contribution in [0.2, 0.25) is 0 Å². The average molecular weight is 292 g/mol. The van der Waals surface area contributed by atoms with Crippen LogP contribution in [0.4, 0.5) is 0 Å². The molecule has 0 saturated carbocycles. The topological polar surface area (TPSA) is 29.3 Å². The Kier molecular flexibility index (Phi) is 7.91. The number of nitrogens with zero attached hydrogens (tertiary/aromatic N) is 1. The highest BCUT2D eigenvalue weighted by atomic mass is 32.1. The molecule has 0 fully saturated rings. The highest BCUT2D eigenvalue weighted by molar-refractivity contribution is 7.10. The zero-order valence-corrected chi connectivity index (χ0v) is 14.1. The molecule has 0 bridgehead atoms. The highest BCUT2D eigenvalue weighted by Gasteiger charge is 2.17. The van der Waals surface area contributed by atoms with Crippen LogP contribution in [0.15, 0.2) is 11.4 Å². The van der Waals surface area contributed by atoms with Gasteiger partial charge in [-0.2, -0.15) is 0 Å². The van der Waals surface area contributed by atoms with Gasteiger partial charge in [0.25, 0.3) is 0 Å². The van der Waals surface area contributed by atoms with E-state index >= 15 is 0 Å². The minimum absolute atomic E-state index is 0.429. The molecule has 0 saturated heterocycles. The predicted octanol–water partition coefficient (Wildman–Crippen LogP) is 3.70. The Hall–Kier alpha value is -0.820. The lowest BCUT2D eigenvalue weighted by Crippen LogP contribution is -2.36. The lowest BCUT2D eigenvalue weighted by molar-refractivity contribution is 0.159. The minimum Gasteiger partial charge on any atom is -0.320 e. The second kappa shape index (κ2) is 9.18. The molecule has 3 heteroatoms. The van der Waals surface area contributed by atoms with Gasteiger partial charge in [0.1, 0.15) is 0 Å². The van der Waals surface area contributed by atoms with Crippen LogP contribution in [0.3, 0.4) is 0 Å². The van der Waals surface area contributed by atoms with Gasteiger partial charge in [-0.15, -0.1) is 11.3 Å². The van der Waals surface area contributed by atoms with Crippen LogP contribution in [0, 0.1) is 17.8 Å². The van der Waals surface area contributed by atoms with Gasteiger partial charge in [-0.05, 0) is 24.8 Å². The third-order valence-electron chi connectivity index (χ3n) is 3.41. The molecule has 20 heavy (non-hydrogen) atoms. The van der Waals surface area contributed by atoms with Crippen LogP contribution < -0.4 is 5.73 Å². The van der Waals surface area contributed by atoms with Crippen molar-refractivity contribution in [2.45, 2.75) is 53.1 Å². The van der Waals surface area contributed by atoms with E-state index in [9.17, 15) is 0 Å². The van der Waals surface area contributed by atoms with Crippen LogP contribution in [-0.2, 0) is 6.54 Å². The first-order valence-electron chi connectivity index (χ1n) is 7.61. The fourth-order valence-electron chi connectivity index (χ4n) is 2.50. The highest BCUT2D eigenvalue weighted by Crippen LogP contribution is 2.20. The molecular weight excluding hydrogens is 264 g/mol. The van der Waals surface area contributed by atoms with Gasteiger partial charge in [0.15, 0.2) is 0 Å². The third kappa shape index (κ3) is 5.66. The van der Waals surface area contributed by atoms with Crippen molar-refractivity contribution in [1.29, 1.82) is 0 Å². The molecule has 0 atom stereocenters. The molecule has 0 aliphatic carbocycles. The summed E-state index contributed by atoms with van der Waals surface area (Å²) >= 11 is 1.81. The molecule has 1 aromatic heterocycles. The van der Waals surface area contributed by atoms with Crippen LogP contribution in [0.25, 0.3) is 0 Å². The molecule has 2 N–H and O–H groups in total. The summed E-state index contributed by atoms with van der Waals surface area (Å²) in [7, 11) is 0. The lowest BCUT2D eigenvalue weighted by atomic mass is 10.1. The first-order valence-corrected chi connectivity index (χ1v) is 8.49. The van der Waals surface area contributed by atoms with E-state index in [-0.39, 0.29) is 0 Å². The molecule has 0 amide bonds. The van der Waals surface area contributed by atoms with Gasteiger partial charge in [-0.3, -0.25) is 4.90 Å². The van der Waals surface area contributed by atoms with Crippen molar-refractivity contribution in [3.8, 4) is 11.8 Å². The fraction of sp³-hybridized carbons (Fsp3) is 0.647.